The van der Waals surface area contributed by atoms with Crippen molar-refractivity contribution in [2.24, 2.45) is 0 Å². The Labute approximate surface area is 133 Å². The molecule has 4 nitrogen and oxygen atoms in total. The van der Waals surface area contributed by atoms with Crippen LogP contribution in [0.1, 0.15) is 45.6 Å². The highest BCUT2D eigenvalue weighted by Crippen LogP contribution is 2.25. The van der Waals surface area contributed by atoms with Crippen LogP contribution >= 0.6 is 0 Å². The van der Waals surface area contributed by atoms with E-state index in [4.69, 9.17) is 9.84 Å². The molecule has 1 N–H and O–H groups in total. The molecule has 4 heteroatoms. The molecule has 122 valence electrons. The van der Waals surface area contributed by atoms with Crippen molar-refractivity contribution in [1.82, 2.24) is 4.90 Å². The van der Waals surface area contributed by atoms with Crippen LogP contribution in [-0.4, -0.2) is 41.7 Å². The van der Waals surface area contributed by atoms with E-state index in [9.17, 15) is 4.79 Å². The molecule has 0 radical (unpaired) electrons. The fourth-order valence-electron chi connectivity index (χ4n) is 2.88. The molecule has 22 heavy (non-hydrogen) atoms. The van der Waals surface area contributed by atoms with E-state index in [2.05, 4.69) is 37.8 Å². The van der Waals surface area contributed by atoms with Gasteiger partial charge < -0.3 is 9.84 Å². The summed E-state index contributed by atoms with van der Waals surface area (Å²) in [4.78, 5) is 13.2. The van der Waals surface area contributed by atoms with E-state index in [1.165, 1.54) is 5.56 Å². The number of benzene rings is 1. The van der Waals surface area contributed by atoms with Gasteiger partial charge in [0.2, 0.25) is 0 Å². The molecular weight excluding hydrogens is 278 g/mol. The quantitative estimate of drug-likeness (QED) is 0.819. The molecule has 1 aromatic carbocycles. The molecule has 0 spiro atoms. The first-order valence-electron chi connectivity index (χ1n) is 8.08. The minimum Gasteiger partial charge on any atom is -0.494 e. The van der Waals surface area contributed by atoms with Crippen molar-refractivity contribution in [3.63, 3.8) is 0 Å². The molecule has 1 aliphatic rings. The normalized spacial score (nSPS) is 19.3. The molecule has 2 rings (SSSR count). The molecule has 1 heterocycles. The summed E-state index contributed by atoms with van der Waals surface area (Å²) in [7, 11) is 0. The van der Waals surface area contributed by atoms with E-state index in [1.54, 1.807) is 0 Å². The zero-order chi connectivity index (χ0) is 16.2. The Morgan fingerprint density at radius 1 is 1.41 bits per heavy atom. The maximum atomic E-state index is 11.1. The van der Waals surface area contributed by atoms with Crippen LogP contribution in [0.3, 0.4) is 0 Å². The zero-order valence-electron chi connectivity index (χ0n) is 13.8. The molecule has 1 unspecified atom stereocenters. The smallest absolute Gasteiger partial charge is 0.320 e. The third kappa shape index (κ3) is 4.47. The summed E-state index contributed by atoms with van der Waals surface area (Å²) in [6, 6.07) is 7.91. The lowest BCUT2D eigenvalue weighted by molar-refractivity contribution is -0.142. The lowest BCUT2D eigenvalue weighted by atomic mass is 9.87. The van der Waals surface area contributed by atoms with Crippen molar-refractivity contribution in [2.75, 3.05) is 19.7 Å². The lowest BCUT2D eigenvalue weighted by Crippen LogP contribution is -2.36. The van der Waals surface area contributed by atoms with E-state index >= 15 is 0 Å². The topological polar surface area (TPSA) is 49.8 Å². The van der Waals surface area contributed by atoms with Crippen molar-refractivity contribution in [3.8, 4) is 5.75 Å². The molecule has 0 saturated carbocycles. The van der Waals surface area contributed by atoms with Crippen LogP contribution in [0.15, 0.2) is 24.3 Å². The molecule has 1 saturated heterocycles. The lowest BCUT2D eigenvalue weighted by Gasteiger charge is -2.21. The number of carbonyl (C=O) groups is 1. The average molecular weight is 305 g/mol. The molecule has 1 fully saturated rings. The summed E-state index contributed by atoms with van der Waals surface area (Å²) in [5.74, 6) is 0.194. The third-order valence-corrected chi connectivity index (χ3v) is 4.21. The first-order chi connectivity index (χ1) is 10.4. The molecule has 0 aromatic heterocycles. The van der Waals surface area contributed by atoms with E-state index in [1.807, 2.05) is 12.1 Å². The van der Waals surface area contributed by atoms with Crippen molar-refractivity contribution in [3.05, 3.63) is 29.8 Å². The number of carboxylic acids is 1. The summed E-state index contributed by atoms with van der Waals surface area (Å²) < 4.78 is 5.82. The Hall–Kier alpha value is -1.55. The number of aliphatic carboxylic acids is 1. The molecule has 1 atom stereocenters. The highest BCUT2D eigenvalue weighted by molar-refractivity contribution is 5.73. The van der Waals surface area contributed by atoms with Gasteiger partial charge in [-0.3, -0.25) is 9.69 Å². The largest absolute Gasteiger partial charge is 0.494 e. The standard InChI is InChI=1S/C18H27NO3/c1-18(2,3)14-7-4-8-15(13-14)22-12-6-11-19-10-5-9-16(19)17(20)21/h4,7-8,13,16H,5-6,9-12H2,1-3H3,(H,20,21). The number of ether oxygens (including phenoxy) is 1. The summed E-state index contributed by atoms with van der Waals surface area (Å²) in [6.07, 6.45) is 2.60. The predicted octanol–water partition coefficient (Wildman–Crippen LogP) is 3.30. The Morgan fingerprint density at radius 2 is 2.18 bits per heavy atom. The van der Waals surface area contributed by atoms with Gasteiger partial charge in [0, 0.05) is 6.54 Å². The number of carboxylic acid groups (broad SMARTS) is 1. The predicted molar refractivity (Wildman–Crippen MR) is 87.5 cm³/mol. The fraction of sp³-hybridized carbons (Fsp3) is 0.611. The van der Waals surface area contributed by atoms with Crippen LogP contribution in [0.4, 0.5) is 0 Å². The Balaban J connectivity index is 1.78. The van der Waals surface area contributed by atoms with Crippen LogP contribution in [0.25, 0.3) is 0 Å². The Bertz CT molecular complexity index is 507. The van der Waals surface area contributed by atoms with Crippen molar-refractivity contribution < 1.29 is 14.6 Å². The monoisotopic (exact) mass is 305 g/mol. The van der Waals surface area contributed by atoms with Gasteiger partial charge in [-0.15, -0.1) is 0 Å². The van der Waals surface area contributed by atoms with Crippen molar-refractivity contribution in [1.29, 1.82) is 0 Å². The van der Waals surface area contributed by atoms with Gasteiger partial charge in [0.25, 0.3) is 0 Å². The van der Waals surface area contributed by atoms with Gasteiger partial charge in [0.05, 0.1) is 6.61 Å². The van der Waals surface area contributed by atoms with Gasteiger partial charge in [-0.25, -0.2) is 0 Å². The molecule has 1 aliphatic heterocycles. The number of hydrogen-bond acceptors (Lipinski definition) is 3. The summed E-state index contributed by atoms with van der Waals surface area (Å²) in [6.45, 7) is 8.85. The van der Waals surface area contributed by atoms with Gasteiger partial charge in [0.1, 0.15) is 11.8 Å². The van der Waals surface area contributed by atoms with E-state index in [0.717, 1.165) is 38.1 Å². The van der Waals surface area contributed by atoms with Gasteiger partial charge in [-0.2, -0.15) is 0 Å². The van der Waals surface area contributed by atoms with Crippen LogP contribution in [0.5, 0.6) is 5.75 Å². The molecular formula is C18H27NO3. The minimum atomic E-state index is -0.698. The number of rotatable bonds is 6. The van der Waals surface area contributed by atoms with Crippen LogP contribution < -0.4 is 4.74 Å². The maximum absolute atomic E-state index is 11.1. The van der Waals surface area contributed by atoms with E-state index in [0.29, 0.717) is 6.61 Å². The van der Waals surface area contributed by atoms with Crippen molar-refractivity contribution in [2.45, 2.75) is 51.5 Å². The van der Waals surface area contributed by atoms with Gasteiger partial charge >= 0.3 is 5.97 Å². The fourth-order valence-corrected chi connectivity index (χ4v) is 2.88. The van der Waals surface area contributed by atoms with Crippen LogP contribution in [0.2, 0.25) is 0 Å². The second kappa shape index (κ2) is 7.14. The molecule has 0 amide bonds. The summed E-state index contributed by atoms with van der Waals surface area (Å²) in [5, 5.41) is 9.15. The van der Waals surface area contributed by atoms with Gasteiger partial charge in [0.15, 0.2) is 0 Å². The number of nitrogens with zero attached hydrogens (tertiary/aromatic N) is 1. The summed E-state index contributed by atoms with van der Waals surface area (Å²) >= 11 is 0. The van der Waals surface area contributed by atoms with Gasteiger partial charge in [-0.1, -0.05) is 32.9 Å². The summed E-state index contributed by atoms with van der Waals surface area (Å²) in [5.41, 5.74) is 1.37. The highest BCUT2D eigenvalue weighted by Gasteiger charge is 2.29. The van der Waals surface area contributed by atoms with Crippen LogP contribution in [-0.2, 0) is 10.2 Å². The molecule has 1 aromatic rings. The highest BCUT2D eigenvalue weighted by atomic mass is 16.5. The number of likely N-dealkylation sites (tertiary alicyclic amines) is 1. The zero-order valence-corrected chi connectivity index (χ0v) is 13.8. The molecule has 0 aliphatic carbocycles. The Morgan fingerprint density at radius 3 is 2.86 bits per heavy atom. The van der Waals surface area contributed by atoms with Gasteiger partial charge in [-0.05, 0) is 48.9 Å². The number of hydrogen-bond donors (Lipinski definition) is 1. The minimum absolute atomic E-state index is 0.115. The van der Waals surface area contributed by atoms with Crippen LogP contribution in [0, 0.1) is 0 Å². The maximum Gasteiger partial charge on any atom is 0.320 e. The second-order valence-corrected chi connectivity index (χ2v) is 7.01. The second-order valence-electron chi connectivity index (χ2n) is 7.01. The van der Waals surface area contributed by atoms with E-state index < -0.39 is 5.97 Å². The molecule has 0 bridgehead atoms. The van der Waals surface area contributed by atoms with E-state index in [-0.39, 0.29) is 11.5 Å². The first kappa shape index (κ1) is 16.8. The average Bonchev–Trinajstić information content (AvgIpc) is 2.91. The first-order valence-corrected chi connectivity index (χ1v) is 8.08. The SMILES string of the molecule is CC(C)(C)c1cccc(OCCCN2CCCC2C(=O)O)c1. The third-order valence-electron chi connectivity index (χ3n) is 4.21. The Kier molecular flexibility index (Phi) is 5.46. The van der Waals surface area contributed by atoms with Crippen molar-refractivity contribution >= 4 is 5.97 Å².